The Labute approximate surface area is 91.7 Å². The Morgan fingerprint density at radius 2 is 2.20 bits per heavy atom. The maximum Gasteiger partial charge on any atom is 0.147 e. The quantitative estimate of drug-likeness (QED) is 0.679. The van der Waals surface area contributed by atoms with Gasteiger partial charge in [0.2, 0.25) is 0 Å². The Bertz CT molecular complexity index is 363. The average Bonchev–Trinajstić information content (AvgIpc) is 2.11. The smallest absolute Gasteiger partial charge is 0.147 e. The molecule has 1 aliphatic carbocycles. The molecule has 0 fully saturated rings. The second-order valence-electron chi connectivity index (χ2n) is 3.97. The molecule has 0 saturated carbocycles. The van der Waals surface area contributed by atoms with Crippen molar-refractivity contribution in [2.75, 3.05) is 18.6 Å². The Hall–Kier alpha value is -0.770. The number of rotatable bonds is 5. The fourth-order valence-corrected chi connectivity index (χ4v) is 2.07. The molecule has 0 aromatic heterocycles. The second kappa shape index (κ2) is 5.35. The van der Waals surface area contributed by atoms with Gasteiger partial charge in [-0.05, 0) is 38.3 Å². The topological polar surface area (TPSA) is 43.4 Å². The summed E-state index contributed by atoms with van der Waals surface area (Å²) in [5.41, 5.74) is 1.32. The summed E-state index contributed by atoms with van der Waals surface area (Å²) in [4.78, 5) is 0. The highest BCUT2D eigenvalue weighted by molar-refractivity contribution is 7.90. The Morgan fingerprint density at radius 1 is 1.47 bits per heavy atom. The van der Waals surface area contributed by atoms with Gasteiger partial charge in [0.25, 0.3) is 0 Å². The molecule has 1 aliphatic rings. The van der Waals surface area contributed by atoms with Gasteiger partial charge in [-0.15, -0.1) is 0 Å². The lowest BCUT2D eigenvalue weighted by Crippen LogP contribution is -2.06. The average molecular weight is 230 g/mol. The van der Waals surface area contributed by atoms with E-state index in [9.17, 15) is 8.42 Å². The maximum absolute atomic E-state index is 10.9. The summed E-state index contributed by atoms with van der Waals surface area (Å²) in [5, 5.41) is 0. The van der Waals surface area contributed by atoms with E-state index in [1.54, 1.807) is 0 Å². The minimum Gasteiger partial charge on any atom is -0.494 e. The van der Waals surface area contributed by atoms with Crippen molar-refractivity contribution in [1.29, 1.82) is 0 Å². The van der Waals surface area contributed by atoms with Crippen molar-refractivity contribution in [3.8, 4) is 0 Å². The van der Waals surface area contributed by atoms with Gasteiger partial charge in [-0.3, -0.25) is 0 Å². The van der Waals surface area contributed by atoms with Crippen LogP contribution in [0.25, 0.3) is 0 Å². The molecular weight excluding hydrogens is 212 g/mol. The number of hydrogen-bond acceptors (Lipinski definition) is 3. The van der Waals surface area contributed by atoms with Crippen molar-refractivity contribution in [2.45, 2.75) is 26.2 Å². The lowest BCUT2D eigenvalue weighted by molar-refractivity contribution is 0.222. The van der Waals surface area contributed by atoms with Gasteiger partial charge in [0.15, 0.2) is 0 Å². The molecular formula is C11H18O3S. The van der Waals surface area contributed by atoms with E-state index in [1.165, 1.54) is 11.8 Å². The molecule has 0 atom stereocenters. The van der Waals surface area contributed by atoms with Crippen LogP contribution in [0.15, 0.2) is 23.5 Å². The van der Waals surface area contributed by atoms with Crippen LogP contribution in [-0.2, 0) is 14.6 Å². The first-order valence-electron chi connectivity index (χ1n) is 5.15. The Kier molecular flexibility index (Phi) is 4.39. The first-order valence-corrected chi connectivity index (χ1v) is 7.21. The minimum atomic E-state index is -2.85. The maximum atomic E-state index is 10.9. The van der Waals surface area contributed by atoms with Crippen LogP contribution in [0, 0.1) is 0 Å². The highest BCUT2D eigenvalue weighted by Gasteiger charge is 2.04. The van der Waals surface area contributed by atoms with Crippen LogP contribution < -0.4 is 0 Å². The second-order valence-corrected chi connectivity index (χ2v) is 6.23. The summed E-state index contributed by atoms with van der Waals surface area (Å²) in [6.45, 7) is 2.55. The Balaban J connectivity index is 2.24. The van der Waals surface area contributed by atoms with E-state index in [0.717, 1.165) is 18.6 Å². The summed E-state index contributed by atoms with van der Waals surface area (Å²) in [6, 6.07) is 0. The van der Waals surface area contributed by atoms with Crippen LogP contribution in [0.3, 0.4) is 0 Å². The molecule has 0 aromatic carbocycles. The number of sulfone groups is 1. The van der Waals surface area contributed by atoms with Gasteiger partial charge in [0, 0.05) is 6.26 Å². The van der Waals surface area contributed by atoms with Crippen LogP contribution in [-0.4, -0.2) is 27.0 Å². The summed E-state index contributed by atoms with van der Waals surface area (Å²) in [6.07, 6.45) is 7.98. The van der Waals surface area contributed by atoms with Crippen molar-refractivity contribution < 1.29 is 13.2 Å². The normalized spacial score (nSPS) is 16.9. The van der Waals surface area contributed by atoms with Crippen LogP contribution in [0.4, 0.5) is 0 Å². The molecule has 0 aromatic rings. The molecule has 0 heterocycles. The van der Waals surface area contributed by atoms with Crippen molar-refractivity contribution >= 4 is 9.84 Å². The van der Waals surface area contributed by atoms with E-state index in [-0.39, 0.29) is 5.75 Å². The highest BCUT2D eigenvalue weighted by atomic mass is 32.2. The summed E-state index contributed by atoms with van der Waals surface area (Å²) in [7, 11) is -2.85. The molecule has 0 spiro atoms. The summed E-state index contributed by atoms with van der Waals surface area (Å²) in [5.74, 6) is 1.08. The van der Waals surface area contributed by atoms with Crippen LogP contribution >= 0.6 is 0 Å². The first-order chi connectivity index (χ1) is 6.97. The van der Waals surface area contributed by atoms with Crippen molar-refractivity contribution in [3.05, 3.63) is 23.5 Å². The third-order valence-electron chi connectivity index (χ3n) is 2.20. The highest BCUT2D eigenvalue weighted by Crippen LogP contribution is 2.17. The standard InChI is InChI=1S/C11H18O3S/c1-10-5-3-6-11(9-10)14-7-4-8-15(2,12)13/h6,9H,3-5,7-8H2,1-2H3. The van der Waals surface area contributed by atoms with Gasteiger partial charge in [0.1, 0.15) is 15.6 Å². The van der Waals surface area contributed by atoms with E-state index in [2.05, 4.69) is 6.92 Å². The molecule has 0 bridgehead atoms. The van der Waals surface area contributed by atoms with Crippen molar-refractivity contribution in [1.82, 2.24) is 0 Å². The molecule has 0 aliphatic heterocycles. The SMILES string of the molecule is CC1=CC(OCCCS(C)(=O)=O)=CCC1. The molecule has 0 amide bonds. The number of hydrogen-bond donors (Lipinski definition) is 0. The molecule has 0 unspecified atom stereocenters. The lowest BCUT2D eigenvalue weighted by Gasteiger charge is -2.12. The molecule has 0 saturated heterocycles. The minimum absolute atomic E-state index is 0.197. The zero-order chi connectivity index (χ0) is 11.3. The van der Waals surface area contributed by atoms with Gasteiger partial charge in [-0.25, -0.2) is 8.42 Å². The van der Waals surface area contributed by atoms with Crippen LogP contribution in [0.1, 0.15) is 26.2 Å². The predicted molar refractivity (Wildman–Crippen MR) is 61.4 cm³/mol. The fraction of sp³-hybridized carbons (Fsp3) is 0.636. The molecule has 15 heavy (non-hydrogen) atoms. The first kappa shape index (κ1) is 12.3. The zero-order valence-electron chi connectivity index (χ0n) is 9.32. The third-order valence-corrected chi connectivity index (χ3v) is 3.23. The van der Waals surface area contributed by atoms with E-state index in [4.69, 9.17) is 4.74 Å². The number of ether oxygens (including phenoxy) is 1. The van der Waals surface area contributed by atoms with Gasteiger partial charge >= 0.3 is 0 Å². The molecule has 4 heteroatoms. The molecule has 86 valence electrons. The van der Waals surface area contributed by atoms with Gasteiger partial charge in [-0.2, -0.15) is 0 Å². The largest absolute Gasteiger partial charge is 0.494 e. The molecule has 1 rings (SSSR count). The van der Waals surface area contributed by atoms with Gasteiger partial charge in [0.05, 0.1) is 12.4 Å². The summed E-state index contributed by atoms with van der Waals surface area (Å²) >= 11 is 0. The van der Waals surface area contributed by atoms with Crippen LogP contribution in [0.5, 0.6) is 0 Å². The van der Waals surface area contributed by atoms with E-state index in [1.807, 2.05) is 12.2 Å². The fourth-order valence-electron chi connectivity index (χ4n) is 1.43. The molecule has 3 nitrogen and oxygen atoms in total. The monoisotopic (exact) mass is 230 g/mol. The van der Waals surface area contributed by atoms with E-state index >= 15 is 0 Å². The van der Waals surface area contributed by atoms with E-state index in [0.29, 0.717) is 13.0 Å². The van der Waals surface area contributed by atoms with Gasteiger partial charge < -0.3 is 4.74 Å². The van der Waals surface area contributed by atoms with Gasteiger partial charge in [-0.1, -0.05) is 5.57 Å². The zero-order valence-corrected chi connectivity index (χ0v) is 10.1. The Morgan fingerprint density at radius 3 is 2.80 bits per heavy atom. The third kappa shape index (κ3) is 5.62. The summed E-state index contributed by atoms with van der Waals surface area (Å²) < 4.78 is 27.2. The molecule has 0 radical (unpaired) electrons. The predicted octanol–water partition coefficient (Wildman–Crippen LogP) is 2.06. The number of allylic oxidation sites excluding steroid dienone is 3. The molecule has 0 N–H and O–H groups in total. The van der Waals surface area contributed by atoms with E-state index < -0.39 is 9.84 Å². The van der Waals surface area contributed by atoms with Crippen LogP contribution in [0.2, 0.25) is 0 Å². The lowest BCUT2D eigenvalue weighted by atomic mass is 10.1. The van der Waals surface area contributed by atoms with Crippen molar-refractivity contribution in [2.24, 2.45) is 0 Å². The van der Waals surface area contributed by atoms with Crippen molar-refractivity contribution in [3.63, 3.8) is 0 Å².